The van der Waals surface area contributed by atoms with Gasteiger partial charge in [0, 0.05) is 22.4 Å². The van der Waals surface area contributed by atoms with Gasteiger partial charge in [-0.2, -0.15) is 0 Å². The van der Waals surface area contributed by atoms with Crippen molar-refractivity contribution in [3.05, 3.63) is 96.2 Å². The number of fused-ring (bicyclic) bond motifs is 1. The van der Waals surface area contributed by atoms with E-state index in [1.165, 1.54) is 11.1 Å². The van der Waals surface area contributed by atoms with Gasteiger partial charge in [-0.1, -0.05) is 60.7 Å². The van der Waals surface area contributed by atoms with Gasteiger partial charge >= 0.3 is 0 Å². The second-order valence-corrected chi connectivity index (χ2v) is 6.41. The molecule has 2 aromatic carbocycles. The van der Waals surface area contributed by atoms with Crippen molar-refractivity contribution in [2.24, 2.45) is 0 Å². The Hall–Kier alpha value is -2.26. The Labute approximate surface area is 134 Å². The third-order valence-corrected chi connectivity index (χ3v) is 5.13. The molecule has 0 N–H and O–H groups in total. The van der Waals surface area contributed by atoms with Crippen molar-refractivity contribution in [3.63, 3.8) is 0 Å². The number of hydrogen-bond donors (Lipinski definition) is 0. The summed E-state index contributed by atoms with van der Waals surface area (Å²) in [5.41, 5.74) is 2.49. The van der Waals surface area contributed by atoms with E-state index in [9.17, 15) is 0 Å². The first-order valence-electron chi connectivity index (χ1n) is 7.36. The van der Waals surface area contributed by atoms with Crippen molar-refractivity contribution in [3.8, 4) is 0 Å². The number of benzene rings is 2. The Bertz CT molecular complexity index is 694. The van der Waals surface area contributed by atoms with Gasteiger partial charge in [-0.05, 0) is 23.4 Å². The number of pyridine rings is 1. The maximum atomic E-state index is 6.28. The monoisotopic (exact) mass is 306 g/mol. The molecule has 108 valence electrons. The number of hydrogen-bond acceptors (Lipinski definition) is 2. The lowest BCUT2D eigenvalue weighted by atomic mass is 10.0. The first-order chi connectivity index (χ1) is 10.9. The van der Waals surface area contributed by atoms with Gasteiger partial charge in [0.15, 0.2) is 0 Å². The summed E-state index contributed by atoms with van der Waals surface area (Å²) in [6.07, 6.45) is 1.97. The standard InChI is InChI=1S/C19H16NOS/c1-3-9-15(10-4-1)18-19(16-11-5-2-6-12-16)22-17-13-7-8-14-20(17)21-18/h1-14,18-19H/q+1/t18-,19+/m0/s1. The lowest BCUT2D eigenvalue weighted by Crippen LogP contribution is -2.50. The molecule has 0 saturated heterocycles. The summed E-state index contributed by atoms with van der Waals surface area (Å²) in [4.78, 5) is 6.28. The molecule has 0 bridgehead atoms. The van der Waals surface area contributed by atoms with Gasteiger partial charge in [0.1, 0.15) is 0 Å². The van der Waals surface area contributed by atoms with E-state index in [2.05, 4.69) is 60.7 Å². The lowest BCUT2D eigenvalue weighted by molar-refractivity contribution is -0.930. The van der Waals surface area contributed by atoms with Crippen LogP contribution in [0.3, 0.4) is 0 Å². The Kier molecular flexibility index (Phi) is 3.57. The van der Waals surface area contributed by atoms with Crippen molar-refractivity contribution < 1.29 is 9.57 Å². The molecule has 0 fully saturated rings. The van der Waals surface area contributed by atoms with E-state index in [0.717, 1.165) is 5.03 Å². The quantitative estimate of drug-likeness (QED) is 0.664. The van der Waals surface area contributed by atoms with Gasteiger partial charge < -0.3 is 0 Å². The van der Waals surface area contributed by atoms with Crippen molar-refractivity contribution in [1.29, 1.82) is 0 Å². The molecule has 0 amide bonds. The molecule has 3 heteroatoms. The van der Waals surface area contributed by atoms with Gasteiger partial charge in [0.2, 0.25) is 12.3 Å². The summed E-state index contributed by atoms with van der Waals surface area (Å²) in [5, 5.41) is 1.37. The van der Waals surface area contributed by atoms with Crippen LogP contribution in [0.1, 0.15) is 22.5 Å². The summed E-state index contributed by atoms with van der Waals surface area (Å²) in [5.74, 6) is 0. The number of thioether (sulfide) groups is 1. The Morgan fingerprint density at radius 3 is 2.09 bits per heavy atom. The van der Waals surface area contributed by atoms with Gasteiger partial charge in [-0.25, -0.2) is 0 Å². The van der Waals surface area contributed by atoms with Crippen LogP contribution in [-0.2, 0) is 0 Å². The largest absolute Gasteiger partial charge is 0.291 e. The summed E-state index contributed by atoms with van der Waals surface area (Å²) in [6, 6.07) is 27.2. The fourth-order valence-electron chi connectivity index (χ4n) is 2.72. The normalized spacial score (nSPS) is 20.0. The van der Waals surface area contributed by atoms with E-state index < -0.39 is 0 Å². The molecule has 0 unspecified atom stereocenters. The van der Waals surface area contributed by atoms with Crippen LogP contribution in [0.5, 0.6) is 0 Å². The summed E-state index contributed by atoms with van der Waals surface area (Å²) in [7, 11) is 0. The minimum absolute atomic E-state index is 0.00602. The number of rotatable bonds is 2. The molecule has 3 aromatic rings. The topological polar surface area (TPSA) is 13.1 Å². The molecule has 1 aromatic heterocycles. The minimum Gasteiger partial charge on any atom is -0.261 e. The van der Waals surface area contributed by atoms with Crippen molar-refractivity contribution in [1.82, 2.24) is 0 Å². The third kappa shape index (κ3) is 2.48. The highest BCUT2D eigenvalue weighted by atomic mass is 32.2. The first kappa shape index (κ1) is 13.4. The van der Waals surface area contributed by atoms with Crippen LogP contribution in [0.2, 0.25) is 0 Å². The van der Waals surface area contributed by atoms with E-state index >= 15 is 0 Å². The maximum Gasteiger partial charge on any atom is 0.291 e. The third-order valence-electron chi connectivity index (χ3n) is 3.79. The van der Waals surface area contributed by atoms with Gasteiger partial charge in [0.05, 0.1) is 5.25 Å². The zero-order valence-electron chi connectivity index (χ0n) is 12.0. The Morgan fingerprint density at radius 1 is 0.727 bits per heavy atom. The average Bonchev–Trinajstić information content (AvgIpc) is 2.62. The van der Waals surface area contributed by atoms with Gasteiger partial charge in [0.25, 0.3) is 5.03 Å². The van der Waals surface area contributed by atoms with Crippen LogP contribution in [-0.4, -0.2) is 0 Å². The van der Waals surface area contributed by atoms with Crippen molar-refractivity contribution >= 4 is 11.8 Å². The summed E-state index contributed by atoms with van der Waals surface area (Å²) in [6.45, 7) is 0. The van der Waals surface area contributed by atoms with E-state index in [-0.39, 0.29) is 11.4 Å². The van der Waals surface area contributed by atoms with Crippen LogP contribution < -0.4 is 9.57 Å². The second kappa shape index (κ2) is 5.85. The molecule has 0 spiro atoms. The molecule has 2 heterocycles. The zero-order valence-corrected chi connectivity index (χ0v) is 12.8. The molecule has 1 aliphatic heterocycles. The van der Waals surface area contributed by atoms with Crippen molar-refractivity contribution in [2.75, 3.05) is 0 Å². The molecular formula is C19H16NOS+. The fraction of sp³-hybridized carbons (Fsp3) is 0.105. The molecule has 0 radical (unpaired) electrons. The molecule has 2 atom stereocenters. The molecule has 22 heavy (non-hydrogen) atoms. The second-order valence-electron chi connectivity index (χ2n) is 5.25. The van der Waals surface area contributed by atoms with Gasteiger partial charge in [-0.3, -0.25) is 4.84 Å². The number of aromatic nitrogens is 1. The molecule has 2 nitrogen and oxygen atoms in total. The molecule has 1 aliphatic rings. The lowest BCUT2D eigenvalue weighted by Gasteiger charge is -2.27. The molecule has 0 aliphatic carbocycles. The van der Waals surface area contributed by atoms with E-state index in [1.54, 1.807) is 0 Å². The van der Waals surface area contributed by atoms with E-state index in [0.29, 0.717) is 0 Å². The highest BCUT2D eigenvalue weighted by Crippen LogP contribution is 2.45. The number of nitrogens with zero attached hydrogens (tertiary/aromatic N) is 1. The summed E-state index contributed by atoms with van der Waals surface area (Å²) >= 11 is 1.85. The van der Waals surface area contributed by atoms with Crippen LogP contribution in [0.25, 0.3) is 0 Å². The highest BCUT2D eigenvalue weighted by Gasteiger charge is 2.38. The van der Waals surface area contributed by atoms with Gasteiger partial charge in [-0.15, -0.1) is 0 Å². The predicted molar refractivity (Wildman–Crippen MR) is 87.4 cm³/mol. The highest BCUT2D eigenvalue weighted by molar-refractivity contribution is 7.99. The van der Waals surface area contributed by atoms with Crippen LogP contribution in [0, 0.1) is 0 Å². The minimum atomic E-state index is -0.00602. The molecular weight excluding hydrogens is 290 g/mol. The first-order valence-corrected chi connectivity index (χ1v) is 8.24. The van der Waals surface area contributed by atoms with Crippen LogP contribution >= 0.6 is 11.8 Å². The predicted octanol–water partition coefficient (Wildman–Crippen LogP) is 3.99. The summed E-state index contributed by atoms with van der Waals surface area (Å²) < 4.78 is 1.88. The van der Waals surface area contributed by atoms with Crippen molar-refractivity contribution in [2.45, 2.75) is 16.4 Å². The van der Waals surface area contributed by atoms with Crippen LogP contribution in [0.4, 0.5) is 0 Å². The fourth-order valence-corrected chi connectivity index (χ4v) is 3.97. The maximum absolute atomic E-state index is 6.28. The molecule has 0 saturated carbocycles. The van der Waals surface area contributed by atoms with E-state index in [4.69, 9.17) is 4.84 Å². The molecule has 4 rings (SSSR count). The Balaban J connectivity index is 1.79. The average molecular weight is 306 g/mol. The smallest absolute Gasteiger partial charge is 0.261 e. The zero-order chi connectivity index (χ0) is 14.8. The van der Waals surface area contributed by atoms with E-state index in [1.807, 2.05) is 40.9 Å². The van der Waals surface area contributed by atoms with Crippen LogP contribution in [0.15, 0.2) is 90.1 Å². The SMILES string of the molecule is c1ccc([C@H]2Sc3cccc[n+]3O[C@H]2c2ccccc2)cc1. The Morgan fingerprint density at radius 2 is 1.36 bits per heavy atom.